The quantitative estimate of drug-likeness (QED) is 0.784. The predicted octanol–water partition coefficient (Wildman–Crippen LogP) is 3.08. The lowest BCUT2D eigenvalue weighted by molar-refractivity contribution is 0.0951. The molecule has 2 aromatic heterocycles. The summed E-state index contributed by atoms with van der Waals surface area (Å²) in [5.74, 6) is 0.111. The van der Waals surface area contributed by atoms with E-state index < -0.39 is 0 Å². The fourth-order valence-corrected chi connectivity index (χ4v) is 3.11. The second kappa shape index (κ2) is 6.75. The van der Waals surface area contributed by atoms with E-state index in [1.165, 1.54) is 0 Å². The van der Waals surface area contributed by atoms with Crippen molar-refractivity contribution in [1.82, 2.24) is 20.1 Å². The van der Waals surface area contributed by atoms with E-state index in [2.05, 4.69) is 22.3 Å². The van der Waals surface area contributed by atoms with Gasteiger partial charge in [0.25, 0.3) is 5.91 Å². The molecule has 3 rings (SSSR count). The minimum atomic E-state index is -0.0542. The van der Waals surface area contributed by atoms with Crippen molar-refractivity contribution in [3.63, 3.8) is 0 Å². The average molecular weight is 326 g/mol. The van der Waals surface area contributed by atoms with Gasteiger partial charge in [-0.3, -0.25) is 9.48 Å². The Morgan fingerprint density at radius 2 is 2.13 bits per heavy atom. The zero-order valence-electron chi connectivity index (χ0n) is 13.1. The Balaban J connectivity index is 1.62. The van der Waals surface area contributed by atoms with E-state index in [0.717, 1.165) is 16.3 Å². The number of hydrogen-bond donors (Lipinski definition) is 1. The molecule has 0 aliphatic rings. The van der Waals surface area contributed by atoms with E-state index in [0.29, 0.717) is 12.1 Å². The van der Waals surface area contributed by atoms with Gasteiger partial charge in [-0.25, -0.2) is 4.98 Å². The normalized spacial score (nSPS) is 12.1. The molecule has 23 heavy (non-hydrogen) atoms. The molecule has 1 amide bonds. The summed E-state index contributed by atoms with van der Waals surface area (Å²) < 4.78 is 1.76. The highest BCUT2D eigenvalue weighted by Gasteiger charge is 2.14. The number of nitrogens with one attached hydrogen (secondary N) is 1. The van der Waals surface area contributed by atoms with E-state index in [4.69, 9.17) is 0 Å². The van der Waals surface area contributed by atoms with Crippen LogP contribution in [0.5, 0.6) is 0 Å². The van der Waals surface area contributed by atoms with Crippen molar-refractivity contribution in [2.24, 2.45) is 7.05 Å². The highest BCUT2D eigenvalue weighted by molar-refractivity contribution is 7.10. The number of amides is 1. The van der Waals surface area contributed by atoms with Gasteiger partial charge in [-0.1, -0.05) is 25.1 Å². The number of nitrogens with zero attached hydrogens (tertiary/aromatic N) is 3. The summed E-state index contributed by atoms with van der Waals surface area (Å²) in [4.78, 5) is 16.7. The van der Waals surface area contributed by atoms with Crippen LogP contribution in [0.25, 0.3) is 11.3 Å². The van der Waals surface area contributed by atoms with Gasteiger partial charge < -0.3 is 5.32 Å². The van der Waals surface area contributed by atoms with E-state index in [9.17, 15) is 4.79 Å². The van der Waals surface area contributed by atoms with Gasteiger partial charge in [0.05, 0.1) is 16.9 Å². The third-order valence-corrected chi connectivity index (χ3v) is 4.63. The minimum Gasteiger partial charge on any atom is -0.351 e. The minimum absolute atomic E-state index is 0.0542. The van der Waals surface area contributed by atoms with E-state index in [1.54, 1.807) is 22.2 Å². The van der Waals surface area contributed by atoms with Crippen molar-refractivity contribution in [2.45, 2.75) is 12.8 Å². The predicted molar refractivity (Wildman–Crippen MR) is 91.5 cm³/mol. The lowest BCUT2D eigenvalue weighted by Gasteiger charge is -2.10. The monoisotopic (exact) mass is 326 g/mol. The highest BCUT2D eigenvalue weighted by atomic mass is 32.1. The Hall–Kier alpha value is -2.47. The molecule has 0 spiro atoms. The number of aromatic nitrogens is 3. The Kier molecular flexibility index (Phi) is 4.52. The summed E-state index contributed by atoms with van der Waals surface area (Å²) in [6.45, 7) is 2.63. The molecule has 0 aliphatic carbocycles. The Bertz CT molecular complexity index is 794. The summed E-state index contributed by atoms with van der Waals surface area (Å²) in [6, 6.07) is 9.24. The number of carbonyl (C=O) groups is 1. The van der Waals surface area contributed by atoms with Gasteiger partial charge in [0.2, 0.25) is 0 Å². The number of thiazole rings is 1. The van der Waals surface area contributed by atoms with Crippen molar-refractivity contribution < 1.29 is 4.79 Å². The van der Waals surface area contributed by atoms with Crippen LogP contribution in [0.3, 0.4) is 0 Å². The molecule has 2 heterocycles. The van der Waals surface area contributed by atoms with Gasteiger partial charge in [-0.05, 0) is 12.1 Å². The molecule has 6 heteroatoms. The summed E-state index contributed by atoms with van der Waals surface area (Å²) >= 11 is 1.61. The molecule has 0 bridgehead atoms. The first-order chi connectivity index (χ1) is 11.1. The SMILES string of the molecule is C[C@@H](CNC(=O)c1ccccc1)c1nc(-c2cnn(C)c2)cs1. The molecule has 5 nitrogen and oxygen atoms in total. The summed E-state index contributed by atoms with van der Waals surface area (Å²) in [7, 11) is 1.89. The van der Waals surface area contributed by atoms with Gasteiger partial charge in [-0.15, -0.1) is 11.3 Å². The zero-order chi connectivity index (χ0) is 16.2. The van der Waals surface area contributed by atoms with E-state index >= 15 is 0 Å². The molecular weight excluding hydrogens is 308 g/mol. The third-order valence-electron chi connectivity index (χ3n) is 3.55. The van der Waals surface area contributed by atoms with Crippen molar-refractivity contribution in [1.29, 1.82) is 0 Å². The van der Waals surface area contributed by atoms with Gasteiger partial charge in [0, 0.05) is 42.2 Å². The molecular formula is C17H18N4OS. The molecule has 0 saturated heterocycles. The van der Waals surface area contributed by atoms with Crippen LogP contribution < -0.4 is 5.32 Å². The third kappa shape index (κ3) is 3.65. The number of aryl methyl sites for hydroxylation is 1. The molecule has 1 N–H and O–H groups in total. The van der Waals surface area contributed by atoms with E-state index in [1.807, 2.05) is 49.0 Å². The molecule has 118 valence electrons. The summed E-state index contributed by atoms with van der Waals surface area (Å²) in [6.07, 6.45) is 3.75. The van der Waals surface area contributed by atoms with E-state index in [-0.39, 0.29) is 11.8 Å². The summed E-state index contributed by atoms with van der Waals surface area (Å²) in [5, 5.41) is 10.2. The fourth-order valence-electron chi connectivity index (χ4n) is 2.22. The lowest BCUT2D eigenvalue weighted by Crippen LogP contribution is -2.27. The number of hydrogen-bond acceptors (Lipinski definition) is 4. The molecule has 0 aliphatic heterocycles. The van der Waals surface area contributed by atoms with Crippen molar-refractivity contribution in [2.75, 3.05) is 6.54 Å². The van der Waals surface area contributed by atoms with Gasteiger partial charge >= 0.3 is 0 Å². The first-order valence-corrected chi connectivity index (χ1v) is 8.29. The van der Waals surface area contributed by atoms with Crippen LogP contribution in [0.1, 0.15) is 28.2 Å². The molecule has 0 fully saturated rings. The van der Waals surface area contributed by atoms with Crippen LogP contribution in [0.2, 0.25) is 0 Å². The van der Waals surface area contributed by atoms with Crippen molar-refractivity contribution in [3.05, 3.63) is 58.7 Å². The maximum atomic E-state index is 12.1. The zero-order valence-corrected chi connectivity index (χ0v) is 13.9. The van der Waals surface area contributed by atoms with Crippen LogP contribution >= 0.6 is 11.3 Å². The number of carbonyl (C=O) groups excluding carboxylic acids is 1. The second-order valence-electron chi connectivity index (χ2n) is 5.45. The molecule has 0 saturated carbocycles. The topological polar surface area (TPSA) is 59.8 Å². The van der Waals surface area contributed by atoms with Crippen LogP contribution in [0, 0.1) is 0 Å². The second-order valence-corrected chi connectivity index (χ2v) is 6.34. The van der Waals surface area contributed by atoms with Crippen LogP contribution in [0.15, 0.2) is 48.1 Å². The van der Waals surface area contributed by atoms with Gasteiger partial charge in [0.1, 0.15) is 0 Å². The highest BCUT2D eigenvalue weighted by Crippen LogP contribution is 2.25. The maximum Gasteiger partial charge on any atom is 0.251 e. The molecule has 3 aromatic rings. The molecule has 0 radical (unpaired) electrons. The molecule has 0 unspecified atom stereocenters. The number of rotatable bonds is 5. The maximum absolute atomic E-state index is 12.1. The van der Waals surface area contributed by atoms with Crippen molar-refractivity contribution >= 4 is 17.2 Å². The largest absolute Gasteiger partial charge is 0.351 e. The van der Waals surface area contributed by atoms with Crippen molar-refractivity contribution in [3.8, 4) is 11.3 Å². The van der Waals surface area contributed by atoms with Gasteiger partial charge in [-0.2, -0.15) is 5.10 Å². The average Bonchev–Trinajstić information content (AvgIpc) is 3.22. The molecule has 1 aromatic carbocycles. The Labute approximate surface area is 139 Å². The smallest absolute Gasteiger partial charge is 0.251 e. The Morgan fingerprint density at radius 1 is 1.35 bits per heavy atom. The van der Waals surface area contributed by atoms with Crippen LogP contribution in [-0.2, 0) is 7.05 Å². The van der Waals surface area contributed by atoms with Crippen LogP contribution in [-0.4, -0.2) is 27.2 Å². The first kappa shape index (κ1) is 15.4. The number of benzene rings is 1. The molecule has 1 atom stereocenters. The van der Waals surface area contributed by atoms with Gasteiger partial charge in [0.15, 0.2) is 0 Å². The Morgan fingerprint density at radius 3 is 2.83 bits per heavy atom. The summed E-state index contributed by atoms with van der Waals surface area (Å²) in [5.41, 5.74) is 2.62. The first-order valence-electron chi connectivity index (χ1n) is 7.41. The fraction of sp³-hybridized carbons (Fsp3) is 0.235. The van der Waals surface area contributed by atoms with Crippen LogP contribution in [0.4, 0.5) is 0 Å². The standard InChI is InChI=1S/C17H18N4OS/c1-12(8-18-16(22)13-6-4-3-5-7-13)17-20-15(11-23-17)14-9-19-21(2)10-14/h3-7,9-12H,8H2,1-2H3,(H,18,22)/t12-/m0/s1. The lowest BCUT2D eigenvalue weighted by atomic mass is 10.1.